The Bertz CT molecular complexity index is 937. The molecular formula is C23H25N3O2. The molecule has 0 atom stereocenters. The van der Waals surface area contributed by atoms with Gasteiger partial charge in [-0.15, -0.1) is 0 Å². The van der Waals surface area contributed by atoms with Crippen molar-refractivity contribution >= 4 is 22.6 Å². The Morgan fingerprint density at radius 3 is 2.61 bits per heavy atom. The summed E-state index contributed by atoms with van der Waals surface area (Å²) < 4.78 is 5.82. The van der Waals surface area contributed by atoms with Crippen molar-refractivity contribution in [2.75, 3.05) is 24.6 Å². The quantitative estimate of drug-likeness (QED) is 0.709. The van der Waals surface area contributed by atoms with E-state index in [1.54, 1.807) is 0 Å². The van der Waals surface area contributed by atoms with Crippen LogP contribution in [0.2, 0.25) is 0 Å². The van der Waals surface area contributed by atoms with Crippen molar-refractivity contribution in [1.29, 1.82) is 0 Å². The average Bonchev–Trinajstić information content (AvgIpc) is 2.77. The normalized spacial score (nSPS) is 14.1. The molecule has 2 aromatic carbocycles. The number of nitrogens with one attached hydrogen (secondary N) is 1. The van der Waals surface area contributed by atoms with Crippen LogP contribution in [0.3, 0.4) is 0 Å². The van der Waals surface area contributed by atoms with Crippen LogP contribution in [-0.2, 0) is 11.3 Å². The van der Waals surface area contributed by atoms with Gasteiger partial charge in [0.1, 0.15) is 17.1 Å². The van der Waals surface area contributed by atoms with Gasteiger partial charge < -0.3 is 15.0 Å². The lowest BCUT2D eigenvalue weighted by Gasteiger charge is -2.28. The fourth-order valence-electron chi connectivity index (χ4n) is 3.52. The van der Waals surface area contributed by atoms with Gasteiger partial charge in [0.05, 0.1) is 0 Å². The topological polar surface area (TPSA) is 54.5 Å². The summed E-state index contributed by atoms with van der Waals surface area (Å²) in [5, 5.41) is 3.90. The van der Waals surface area contributed by atoms with E-state index in [1.807, 2.05) is 48.5 Å². The highest BCUT2D eigenvalue weighted by Gasteiger charge is 2.14. The average molecular weight is 375 g/mol. The number of anilines is 1. The van der Waals surface area contributed by atoms with E-state index in [-0.39, 0.29) is 12.5 Å². The highest BCUT2D eigenvalue weighted by atomic mass is 16.5. The number of rotatable bonds is 6. The van der Waals surface area contributed by atoms with Crippen molar-refractivity contribution in [3.63, 3.8) is 0 Å². The molecular weight excluding hydrogens is 350 g/mol. The molecule has 0 spiro atoms. The maximum absolute atomic E-state index is 12.2. The molecule has 1 aromatic heterocycles. The van der Waals surface area contributed by atoms with Gasteiger partial charge in [-0.3, -0.25) is 4.79 Å². The summed E-state index contributed by atoms with van der Waals surface area (Å²) in [6.07, 6.45) is 3.70. The maximum atomic E-state index is 12.2. The van der Waals surface area contributed by atoms with Crippen LogP contribution in [-0.4, -0.2) is 30.6 Å². The zero-order chi connectivity index (χ0) is 19.2. The van der Waals surface area contributed by atoms with E-state index in [2.05, 4.69) is 22.3 Å². The molecule has 0 saturated carbocycles. The monoisotopic (exact) mass is 375 g/mol. The molecule has 144 valence electrons. The Morgan fingerprint density at radius 1 is 0.964 bits per heavy atom. The first-order valence-electron chi connectivity index (χ1n) is 9.88. The number of carbonyl (C=O) groups is 1. The van der Waals surface area contributed by atoms with E-state index in [9.17, 15) is 4.79 Å². The standard InChI is InChI=1S/C23H25N3O2/c27-22(24-16-18-8-3-1-4-9-18)17-28-20-11-7-10-19-12-13-21(25-23(19)20)26-14-5-2-6-15-26/h1,3-4,7-13H,2,5-6,14-17H2,(H,24,27). The van der Waals surface area contributed by atoms with Gasteiger partial charge >= 0.3 is 0 Å². The molecule has 28 heavy (non-hydrogen) atoms. The smallest absolute Gasteiger partial charge is 0.258 e. The van der Waals surface area contributed by atoms with E-state index in [1.165, 1.54) is 19.3 Å². The first kappa shape index (κ1) is 18.3. The molecule has 1 saturated heterocycles. The molecule has 1 aliphatic rings. The third-order valence-electron chi connectivity index (χ3n) is 5.04. The number of hydrogen-bond acceptors (Lipinski definition) is 4. The van der Waals surface area contributed by atoms with Crippen molar-refractivity contribution in [2.24, 2.45) is 0 Å². The number of fused-ring (bicyclic) bond motifs is 1. The third kappa shape index (κ3) is 4.42. The Morgan fingerprint density at radius 2 is 1.79 bits per heavy atom. The van der Waals surface area contributed by atoms with Crippen LogP contribution in [0.4, 0.5) is 5.82 Å². The molecule has 1 fully saturated rings. The lowest BCUT2D eigenvalue weighted by atomic mass is 10.1. The lowest BCUT2D eigenvalue weighted by molar-refractivity contribution is -0.123. The van der Waals surface area contributed by atoms with E-state index in [0.717, 1.165) is 35.4 Å². The van der Waals surface area contributed by atoms with Crippen LogP contribution in [0.25, 0.3) is 10.9 Å². The van der Waals surface area contributed by atoms with Crippen LogP contribution in [0, 0.1) is 0 Å². The van der Waals surface area contributed by atoms with Crippen LogP contribution < -0.4 is 15.0 Å². The fourth-order valence-corrected chi connectivity index (χ4v) is 3.52. The largest absolute Gasteiger partial charge is 0.481 e. The van der Waals surface area contributed by atoms with Gasteiger partial charge in [-0.05, 0) is 43.0 Å². The zero-order valence-corrected chi connectivity index (χ0v) is 15.9. The minimum Gasteiger partial charge on any atom is -0.481 e. The number of carbonyl (C=O) groups excluding carboxylic acids is 1. The Labute approximate surface area is 165 Å². The zero-order valence-electron chi connectivity index (χ0n) is 15.9. The molecule has 0 bridgehead atoms. The molecule has 1 amide bonds. The highest BCUT2D eigenvalue weighted by molar-refractivity contribution is 5.86. The van der Waals surface area contributed by atoms with Crippen molar-refractivity contribution in [2.45, 2.75) is 25.8 Å². The van der Waals surface area contributed by atoms with Gasteiger partial charge in [0, 0.05) is 25.0 Å². The van der Waals surface area contributed by atoms with Gasteiger partial charge in [-0.25, -0.2) is 4.98 Å². The molecule has 2 heterocycles. The summed E-state index contributed by atoms with van der Waals surface area (Å²) in [4.78, 5) is 19.3. The van der Waals surface area contributed by atoms with E-state index in [0.29, 0.717) is 12.3 Å². The van der Waals surface area contributed by atoms with Crippen LogP contribution in [0.15, 0.2) is 60.7 Å². The van der Waals surface area contributed by atoms with Crippen molar-refractivity contribution in [3.05, 3.63) is 66.2 Å². The number of hydrogen-bond donors (Lipinski definition) is 1. The summed E-state index contributed by atoms with van der Waals surface area (Å²) in [6, 6.07) is 19.8. The number of para-hydroxylation sites is 1. The molecule has 4 rings (SSSR count). The number of ether oxygens (including phenoxy) is 1. The van der Waals surface area contributed by atoms with Crippen LogP contribution in [0.1, 0.15) is 24.8 Å². The van der Waals surface area contributed by atoms with Crippen molar-refractivity contribution < 1.29 is 9.53 Å². The Kier molecular flexibility index (Phi) is 5.71. The number of pyridine rings is 1. The van der Waals surface area contributed by atoms with Gasteiger partial charge in [-0.1, -0.05) is 42.5 Å². The van der Waals surface area contributed by atoms with Crippen molar-refractivity contribution in [3.8, 4) is 5.75 Å². The van der Waals surface area contributed by atoms with E-state index in [4.69, 9.17) is 9.72 Å². The van der Waals surface area contributed by atoms with E-state index < -0.39 is 0 Å². The molecule has 5 heteroatoms. The first-order chi connectivity index (χ1) is 13.8. The predicted octanol–water partition coefficient (Wildman–Crippen LogP) is 3.92. The van der Waals surface area contributed by atoms with Crippen LogP contribution >= 0.6 is 0 Å². The minimum absolute atomic E-state index is 0.0262. The summed E-state index contributed by atoms with van der Waals surface area (Å²) in [5.41, 5.74) is 1.87. The summed E-state index contributed by atoms with van der Waals surface area (Å²) in [5.74, 6) is 1.48. The molecule has 1 N–H and O–H groups in total. The minimum atomic E-state index is -0.145. The van der Waals surface area contributed by atoms with Gasteiger partial charge in [0.25, 0.3) is 5.91 Å². The molecule has 0 unspecified atom stereocenters. The van der Waals surface area contributed by atoms with Gasteiger partial charge in [0.2, 0.25) is 0 Å². The Balaban J connectivity index is 1.43. The highest BCUT2D eigenvalue weighted by Crippen LogP contribution is 2.27. The predicted molar refractivity (Wildman–Crippen MR) is 112 cm³/mol. The van der Waals surface area contributed by atoms with Gasteiger partial charge in [0.15, 0.2) is 6.61 Å². The maximum Gasteiger partial charge on any atom is 0.258 e. The SMILES string of the molecule is O=C(COc1cccc2ccc(N3CCCCC3)nc12)NCc1ccccc1. The van der Waals surface area contributed by atoms with Gasteiger partial charge in [-0.2, -0.15) is 0 Å². The summed E-state index contributed by atoms with van der Waals surface area (Å²) in [6.45, 7) is 2.56. The number of benzene rings is 2. The lowest BCUT2D eigenvalue weighted by Crippen LogP contribution is -2.30. The molecule has 5 nitrogen and oxygen atoms in total. The molecule has 0 radical (unpaired) electrons. The second-order valence-electron chi connectivity index (χ2n) is 7.10. The Hall–Kier alpha value is -3.08. The fraction of sp³-hybridized carbons (Fsp3) is 0.304. The number of piperidine rings is 1. The third-order valence-corrected chi connectivity index (χ3v) is 5.04. The van der Waals surface area contributed by atoms with E-state index >= 15 is 0 Å². The summed E-state index contributed by atoms with van der Waals surface area (Å²) in [7, 11) is 0. The second kappa shape index (κ2) is 8.74. The first-order valence-corrected chi connectivity index (χ1v) is 9.88. The number of aromatic nitrogens is 1. The number of amides is 1. The van der Waals surface area contributed by atoms with Crippen molar-refractivity contribution in [1.82, 2.24) is 10.3 Å². The second-order valence-corrected chi connectivity index (χ2v) is 7.10. The molecule has 1 aliphatic heterocycles. The summed E-state index contributed by atoms with van der Waals surface area (Å²) >= 11 is 0. The van der Waals surface area contributed by atoms with Crippen LogP contribution in [0.5, 0.6) is 5.75 Å². The molecule has 3 aromatic rings. The molecule has 0 aliphatic carbocycles. The number of nitrogens with zero attached hydrogens (tertiary/aromatic N) is 2.